The van der Waals surface area contributed by atoms with E-state index in [0.29, 0.717) is 34.2 Å². The van der Waals surface area contributed by atoms with Crippen molar-refractivity contribution in [3.05, 3.63) is 70.4 Å². The maximum Gasteiger partial charge on any atom is 0.234 e. The molecule has 2 aliphatic rings. The summed E-state index contributed by atoms with van der Waals surface area (Å²) in [5, 5.41) is 3.59. The Hall–Kier alpha value is -2.92. The van der Waals surface area contributed by atoms with Crippen molar-refractivity contribution in [1.29, 1.82) is 0 Å². The highest BCUT2D eigenvalue weighted by Crippen LogP contribution is 2.44. The van der Waals surface area contributed by atoms with Gasteiger partial charge in [-0.3, -0.25) is 14.6 Å². The lowest BCUT2D eigenvalue weighted by atomic mass is 9.71. The summed E-state index contributed by atoms with van der Waals surface area (Å²) in [7, 11) is 1.56. The first-order chi connectivity index (χ1) is 14.5. The number of anilines is 1. The SMILES string of the molecule is COc1ccccc1NC(=O)C1C(C)=NC2=C(C(=O)CCC2)[C@@H]1c1ccc(Cl)cc1. The fourth-order valence-electron chi connectivity index (χ4n) is 4.33. The number of Topliss-reactive ketones (excluding diaryl/α,β-unsaturated/α-hetero) is 1. The molecule has 4 rings (SSSR count). The molecule has 154 valence electrons. The van der Waals surface area contributed by atoms with E-state index >= 15 is 0 Å². The number of amides is 1. The van der Waals surface area contributed by atoms with Crippen LogP contribution in [-0.4, -0.2) is 24.5 Å². The van der Waals surface area contributed by atoms with Crippen molar-refractivity contribution < 1.29 is 14.3 Å². The molecule has 1 N–H and O–H groups in total. The van der Waals surface area contributed by atoms with Crippen molar-refractivity contribution in [2.24, 2.45) is 10.9 Å². The topological polar surface area (TPSA) is 67.8 Å². The lowest BCUT2D eigenvalue weighted by Gasteiger charge is -2.35. The Kier molecular flexibility index (Phi) is 5.73. The van der Waals surface area contributed by atoms with Gasteiger partial charge in [-0.2, -0.15) is 0 Å². The van der Waals surface area contributed by atoms with E-state index in [1.807, 2.05) is 31.2 Å². The molecule has 1 amide bonds. The van der Waals surface area contributed by atoms with Crippen LogP contribution in [0.1, 0.15) is 37.7 Å². The minimum absolute atomic E-state index is 0.0718. The third-order valence-electron chi connectivity index (χ3n) is 5.71. The van der Waals surface area contributed by atoms with E-state index in [2.05, 4.69) is 5.32 Å². The van der Waals surface area contributed by atoms with Crippen LogP contribution < -0.4 is 10.1 Å². The number of carbonyl (C=O) groups is 2. The van der Waals surface area contributed by atoms with Gasteiger partial charge in [0.1, 0.15) is 5.75 Å². The number of nitrogens with one attached hydrogen (secondary N) is 1. The third-order valence-corrected chi connectivity index (χ3v) is 5.96. The fraction of sp³-hybridized carbons (Fsp3) is 0.292. The molecule has 0 bridgehead atoms. The highest BCUT2D eigenvalue weighted by Gasteiger charge is 2.42. The van der Waals surface area contributed by atoms with Crippen LogP contribution in [0.4, 0.5) is 5.69 Å². The van der Waals surface area contributed by atoms with Gasteiger partial charge in [0.25, 0.3) is 0 Å². The maximum atomic E-state index is 13.5. The standard InChI is InChI=1S/C24H23ClN2O3/c1-14-21(24(29)27-17-6-3-4-9-20(17)30-2)22(15-10-12-16(25)13-11-15)23-18(26-14)7-5-8-19(23)28/h3-4,6,9-13,21-22H,5,7-8H2,1-2H3,(H,27,29)/t21?,22-/m1/s1. The van der Waals surface area contributed by atoms with Gasteiger partial charge < -0.3 is 10.1 Å². The van der Waals surface area contributed by atoms with E-state index in [4.69, 9.17) is 21.3 Å². The summed E-state index contributed by atoms with van der Waals surface area (Å²) < 4.78 is 5.36. The molecule has 2 aromatic carbocycles. The number of aliphatic imine (C=N–C) groups is 1. The average molecular weight is 423 g/mol. The molecule has 0 saturated heterocycles. The first-order valence-electron chi connectivity index (χ1n) is 10.0. The van der Waals surface area contributed by atoms with Crippen LogP contribution in [-0.2, 0) is 9.59 Å². The van der Waals surface area contributed by atoms with Gasteiger partial charge in [0.15, 0.2) is 5.78 Å². The number of hydrogen-bond donors (Lipinski definition) is 1. The summed E-state index contributed by atoms with van der Waals surface area (Å²) in [5.41, 5.74) is 3.65. The van der Waals surface area contributed by atoms with E-state index < -0.39 is 11.8 Å². The van der Waals surface area contributed by atoms with Crippen LogP contribution in [0.15, 0.2) is 64.8 Å². The molecule has 6 heteroatoms. The number of rotatable bonds is 4. The lowest BCUT2D eigenvalue weighted by Crippen LogP contribution is -2.39. The van der Waals surface area contributed by atoms with Crippen LogP contribution in [0, 0.1) is 5.92 Å². The number of methoxy groups -OCH3 is 1. The van der Waals surface area contributed by atoms with Crippen LogP contribution in [0.5, 0.6) is 5.75 Å². The quantitative estimate of drug-likeness (QED) is 0.739. The minimum Gasteiger partial charge on any atom is -0.495 e. The molecule has 1 aliphatic carbocycles. The molecule has 1 heterocycles. The molecule has 0 saturated carbocycles. The number of ketones is 1. The van der Waals surface area contributed by atoms with Crippen molar-refractivity contribution in [3.63, 3.8) is 0 Å². The highest BCUT2D eigenvalue weighted by molar-refractivity contribution is 6.30. The number of halogens is 1. The van der Waals surface area contributed by atoms with Gasteiger partial charge in [-0.25, -0.2) is 0 Å². The second-order valence-corrected chi connectivity index (χ2v) is 8.02. The predicted octanol–water partition coefficient (Wildman–Crippen LogP) is 5.17. The molecule has 1 aliphatic heterocycles. The number of hydrogen-bond acceptors (Lipinski definition) is 4. The van der Waals surface area contributed by atoms with Crippen LogP contribution in [0.25, 0.3) is 0 Å². The largest absolute Gasteiger partial charge is 0.495 e. The number of nitrogens with zero attached hydrogens (tertiary/aromatic N) is 1. The molecule has 1 unspecified atom stereocenters. The summed E-state index contributed by atoms with van der Waals surface area (Å²) in [6.07, 6.45) is 2.03. The Morgan fingerprint density at radius 2 is 1.87 bits per heavy atom. The summed E-state index contributed by atoms with van der Waals surface area (Å²) in [6, 6.07) is 14.6. The van der Waals surface area contributed by atoms with E-state index in [-0.39, 0.29) is 11.7 Å². The second-order valence-electron chi connectivity index (χ2n) is 7.59. The Morgan fingerprint density at radius 1 is 1.13 bits per heavy atom. The molecular formula is C24H23ClN2O3. The Morgan fingerprint density at radius 3 is 2.60 bits per heavy atom. The van der Waals surface area contributed by atoms with Gasteiger partial charge in [-0.15, -0.1) is 0 Å². The van der Waals surface area contributed by atoms with Gasteiger partial charge in [-0.05, 0) is 49.6 Å². The van der Waals surface area contributed by atoms with Crippen LogP contribution in [0.2, 0.25) is 5.02 Å². The normalized spacial score (nSPS) is 21.0. The molecule has 30 heavy (non-hydrogen) atoms. The number of benzene rings is 2. The molecule has 2 atom stereocenters. The average Bonchev–Trinajstić information content (AvgIpc) is 2.74. The molecule has 0 spiro atoms. The van der Waals surface area contributed by atoms with Crippen molar-refractivity contribution >= 4 is 34.7 Å². The summed E-state index contributed by atoms with van der Waals surface area (Å²) in [5.74, 6) is -0.560. The van der Waals surface area contributed by atoms with Gasteiger partial charge in [0.05, 0.1) is 18.7 Å². The molecule has 0 fully saturated rings. The van der Waals surface area contributed by atoms with E-state index in [0.717, 1.165) is 24.1 Å². The van der Waals surface area contributed by atoms with Gasteiger partial charge in [0, 0.05) is 34.3 Å². The van der Waals surface area contributed by atoms with Crippen molar-refractivity contribution in [1.82, 2.24) is 0 Å². The van der Waals surface area contributed by atoms with Gasteiger partial charge >= 0.3 is 0 Å². The van der Waals surface area contributed by atoms with Gasteiger partial charge in [-0.1, -0.05) is 35.9 Å². The Labute approximate surface area is 180 Å². The first-order valence-corrected chi connectivity index (χ1v) is 10.4. The zero-order valence-electron chi connectivity index (χ0n) is 16.9. The summed E-state index contributed by atoms with van der Waals surface area (Å²) in [6.45, 7) is 1.86. The molecule has 0 aromatic heterocycles. The highest BCUT2D eigenvalue weighted by atomic mass is 35.5. The van der Waals surface area contributed by atoms with Crippen molar-refractivity contribution in [2.45, 2.75) is 32.1 Å². The van der Waals surface area contributed by atoms with Crippen molar-refractivity contribution in [3.8, 4) is 5.75 Å². The molecule has 2 aromatic rings. The zero-order chi connectivity index (χ0) is 21.3. The fourth-order valence-corrected chi connectivity index (χ4v) is 4.46. The van der Waals surface area contributed by atoms with Crippen LogP contribution in [0.3, 0.4) is 0 Å². The zero-order valence-corrected chi connectivity index (χ0v) is 17.7. The number of allylic oxidation sites excluding steroid dienone is 2. The first kappa shape index (κ1) is 20.4. The van der Waals surface area contributed by atoms with Gasteiger partial charge in [0.2, 0.25) is 5.91 Å². The van der Waals surface area contributed by atoms with E-state index in [1.165, 1.54) is 0 Å². The lowest BCUT2D eigenvalue weighted by molar-refractivity contribution is -0.119. The van der Waals surface area contributed by atoms with Crippen molar-refractivity contribution in [2.75, 3.05) is 12.4 Å². The monoisotopic (exact) mass is 422 g/mol. The summed E-state index contributed by atoms with van der Waals surface area (Å²) in [4.78, 5) is 31.1. The number of para-hydroxylation sites is 2. The smallest absolute Gasteiger partial charge is 0.234 e. The molecule has 5 nitrogen and oxygen atoms in total. The predicted molar refractivity (Wildman–Crippen MR) is 118 cm³/mol. The second kappa shape index (κ2) is 8.44. The third kappa shape index (κ3) is 3.77. The molecular weight excluding hydrogens is 400 g/mol. The number of ether oxygens (including phenoxy) is 1. The number of carbonyl (C=O) groups excluding carboxylic acids is 2. The van der Waals surface area contributed by atoms with E-state index in [1.54, 1.807) is 31.4 Å². The Balaban J connectivity index is 1.77. The maximum absolute atomic E-state index is 13.5. The van der Waals surface area contributed by atoms with E-state index in [9.17, 15) is 9.59 Å². The minimum atomic E-state index is -0.600. The van der Waals surface area contributed by atoms with Crippen LogP contribution >= 0.6 is 11.6 Å². The molecule has 0 radical (unpaired) electrons. The Bertz CT molecular complexity index is 1060. The summed E-state index contributed by atoms with van der Waals surface area (Å²) >= 11 is 6.09.